The summed E-state index contributed by atoms with van der Waals surface area (Å²) in [5, 5.41) is 3.44. The van der Waals surface area contributed by atoms with Crippen LogP contribution in [0.25, 0.3) is 0 Å². The van der Waals surface area contributed by atoms with Crippen molar-refractivity contribution in [1.29, 1.82) is 0 Å². The molecule has 0 aromatic heterocycles. The second-order valence-corrected chi connectivity index (χ2v) is 5.17. The number of methoxy groups -OCH3 is 1. The monoisotopic (exact) mass is 269 g/mol. The van der Waals surface area contributed by atoms with Gasteiger partial charge >= 0.3 is 0 Å². The molecule has 2 aromatic rings. The van der Waals surface area contributed by atoms with Gasteiger partial charge in [-0.2, -0.15) is 0 Å². The molecule has 0 aliphatic carbocycles. The first kappa shape index (κ1) is 14.6. The third-order valence-electron chi connectivity index (χ3n) is 3.77. The smallest absolute Gasteiger partial charge is 0.122 e. The summed E-state index contributed by atoms with van der Waals surface area (Å²) in [6, 6.07) is 19.2. The number of para-hydroxylation sites is 1. The van der Waals surface area contributed by atoms with E-state index in [1.165, 1.54) is 11.1 Å². The topological polar surface area (TPSA) is 21.3 Å². The highest BCUT2D eigenvalue weighted by Gasteiger charge is 2.18. The van der Waals surface area contributed by atoms with Crippen LogP contribution in [0.2, 0.25) is 0 Å². The highest BCUT2D eigenvalue weighted by Crippen LogP contribution is 2.28. The van der Waals surface area contributed by atoms with Gasteiger partial charge in [-0.1, -0.05) is 55.5 Å². The van der Waals surface area contributed by atoms with Gasteiger partial charge in [0.25, 0.3) is 0 Å². The van der Waals surface area contributed by atoms with Crippen LogP contribution >= 0.6 is 0 Å². The Balaban J connectivity index is 2.15. The van der Waals surface area contributed by atoms with Gasteiger partial charge in [0, 0.05) is 6.04 Å². The molecule has 2 nitrogen and oxygen atoms in total. The van der Waals surface area contributed by atoms with Gasteiger partial charge in [-0.3, -0.25) is 0 Å². The zero-order valence-corrected chi connectivity index (χ0v) is 12.5. The molecule has 0 saturated heterocycles. The number of hydrogen-bond acceptors (Lipinski definition) is 2. The van der Waals surface area contributed by atoms with E-state index in [4.69, 9.17) is 4.74 Å². The minimum Gasteiger partial charge on any atom is -0.496 e. The van der Waals surface area contributed by atoms with Gasteiger partial charge in [-0.05, 0) is 36.6 Å². The zero-order chi connectivity index (χ0) is 14.4. The van der Waals surface area contributed by atoms with Crippen molar-refractivity contribution < 1.29 is 4.74 Å². The molecule has 2 atom stereocenters. The summed E-state index contributed by atoms with van der Waals surface area (Å²) in [6.07, 6.45) is 0.990. The van der Waals surface area contributed by atoms with Crippen molar-refractivity contribution in [1.82, 2.24) is 5.32 Å². The number of hydrogen-bond donors (Lipinski definition) is 1. The normalized spacial score (nSPS) is 13.8. The molecule has 106 valence electrons. The summed E-state index contributed by atoms with van der Waals surface area (Å²) in [5.74, 6) is 1.46. The highest BCUT2D eigenvalue weighted by molar-refractivity contribution is 5.34. The minimum atomic E-state index is 0.348. The standard InChI is InChI=1S/C18H23NO/c1-14(13-16-11-7-8-12-17(16)20-3)18(19-2)15-9-5-4-6-10-15/h4-12,14,18-19H,13H2,1-3H3. The molecule has 2 rings (SSSR count). The first-order valence-corrected chi connectivity index (χ1v) is 7.10. The van der Waals surface area contributed by atoms with E-state index < -0.39 is 0 Å². The maximum Gasteiger partial charge on any atom is 0.122 e. The van der Waals surface area contributed by atoms with Crippen LogP contribution in [0.4, 0.5) is 0 Å². The van der Waals surface area contributed by atoms with Gasteiger partial charge in [0.05, 0.1) is 7.11 Å². The number of rotatable bonds is 6. The third-order valence-corrected chi connectivity index (χ3v) is 3.77. The number of nitrogens with one attached hydrogen (secondary N) is 1. The van der Waals surface area contributed by atoms with Crippen molar-refractivity contribution in [3.05, 3.63) is 65.7 Å². The van der Waals surface area contributed by atoms with Crippen LogP contribution in [-0.2, 0) is 6.42 Å². The molecule has 0 amide bonds. The fourth-order valence-electron chi connectivity index (χ4n) is 2.78. The lowest BCUT2D eigenvalue weighted by Crippen LogP contribution is -2.25. The Kier molecular flexibility index (Phi) is 5.19. The van der Waals surface area contributed by atoms with E-state index in [9.17, 15) is 0 Å². The lowest BCUT2D eigenvalue weighted by Gasteiger charge is -2.24. The van der Waals surface area contributed by atoms with E-state index >= 15 is 0 Å². The lowest BCUT2D eigenvalue weighted by atomic mass is 9.89. The van der Waals surface area contributed by atoms with Crippen molar-refractivity contribution in [2.24, 2.45) is 5.92 Å². The average molecular weight is 269 g/mol. The molecule has 0 bridgehead atoms. The molecule has 0 aliphatic heterocycles. The Hall–Kier alpha value is -1.80. The van der Waals surface area contributed by atoms with Crippen molar-refractivity contribution in [3.63, 3.8) is 0 Å². The Morgan fingerprint density at radius 2 is 1.65 bits per heavy atom. The molecule has 0 aliphatic rings. The van der Waals surface area contributed by atoms with Gasteiger partial charge in [0.2, 0.25) is 0 Å². The van der Waals surface area contributed by atoms with Gasteiger partial charge in [0.1, 0.15) is 5.75 Å². The van der Waals surface area contributed by atoms with Gasteiger partial charge in [-0.15, -0.1) is 0 Å². The molecule has 0 spiro atoms. The van der Waals surface area contributed by atoms with Crippen molar-refractivity contribution in [2.75, 3.05) is 14.2 Å². The fraction of sp³-hybridized carbons (Fsp3) is 0.333. The summed E-state index contributed by atoms with van der Waals surface area (Å²) in [6.45, 7) is 2.28. The van der Waals surface area contributed by atoms with E-state index in [-0.39, 0.29) is 0 Å². The molecule has 0 heterocycles. The lowest BCUT2D eigenvalue weighted by molar-refractivity contribution is 0.384. The Morgan fingerprint density at radius 1 is 1.00 bits per heavy atom. The molecule has 2 heteroatoms. The molecular formula is C18H23NO. The molecule has 20 heavy (non-hydrogen) atoms. The predicted octanol–water partition coefficient (Wildman–Crippen LogP) is 3.83. The second kappa shape index (κ2) is 7.11. The molecule has 0 fully saturated rings. The van der Waals surface area contributed by atoms with E-state index in [0.29, 0.717) is 12.0 Å². The van der Waals surface area contributed by atoms with Gasteiger partial charge in [-0.25, -0.2) is 0 Å². The predicted molar refractivity (Wildman–Crippen MR) is 84.1 cm³/mol. The van der Waals surface area contributed by atoms with E-state index in [2.05, 4.69) is 54.7 Å². The van der Waals surface area contributed by atoms with Crippen LogP contribution in [0.3, 0.4) is 0 Å². The third kappa shape index (κ3) is 3.40. The van der Waals surface area contributed by atoms with Crippen molar-refractivity contribution in [3.8, 4) is 5.75 Å². The molecule has 0 saturated carbocycles. The highest BCUT2D eigenvalue weighted by atomic mass is 16.5. The zero-order valence-electron chi connectivity index (χ0n) is 12.5. The van der Waals surface area contributed by atoms with Crippen molar-refractivity contribution in [2.45, 2.75) is 19.4 Å². The fourth-order valence-corrected chi connectivity index (χ4v) is 2.78. The molecular weight excluding hydrogens is 246 g/mol. The van der Waals surface area contributed by atoms with Gasteiger partial charge < -0.3 is 10.1 Å². The average Bonchev–Trinajstić information content (AvgIpc) is 2.49. The molecule has 1 N–H and O–H groups in total. The largest absolute Gasteiger partial charge is 0.496 e. The van der Waals surface area contributed by atoms with Crippen molar-refractivity contribution >= 4 is 0 Å². The first-order chi connectivity index (χ1) is 9.76. The van der Waals surface area contributed by atoms with Crippen LogP contribution in [0.1, 0.15) is 24.1 Å². The molecule has 0 radical (unpaired) electrons. The Morgan fingerprint density at radius 3 is 2.30 bits per heavy atom. The van der Waals surface area contributed by atoms with E-state index in [0.717, 1.165) is 12.2 Å². The Bertz CT molecular complexity index is 524. The van der Waals surface area contributed by atoms with E-state index in [1.54, 1.807) is 7.11 Å². The molecule has 2 unspecified atom stereocenters. The van der Waals surface area contributed by atoms with Crippen LogP contribution in [0, 0.1) is 5.92 Å². The van der Waals surface area contributed by atoms with Crippen LogP contribution in [0.15, 0.2) is 54.6 Å². The number of benzene rings is 2. The van der Waals surface area contributed by atoms with Crippen LogP contribution in [-0.4, -0.2) is 14.2 Å². The first-order valence-electron chi connectivity index (χ1n) is 7.10. The van der Waals surface area contributed by atoms with E-state index in [1.807, 2.05) is 19.2 Å². The maximum atomic E-state index is 5.44. The summed E-state index contributed by atoms with van der Waals surface area (Å²) in [7, 11) is 3.76. The summed E-state index contributed by atoms with van der Waals surface area (Å²) < 4.78 is 5.44. The van der Waals surface area contributed by atoms with Gasteiger partial charge in [0.15, 0.2) is 0 Å². The molecule has 2 aromatic carbocycles. The number of ether oxygens (including phenoxy) is 1. The summed E-state index contributed by atoms with van der Waals surface area (Å²) in [4.78, 5) is 0. The second-order valence-electron chi connectivity index (χ2n) is 5.17. The van der Waals surface area contributed by atoms with Crippen LogP contribution < -0.4 is 10.1 Å². The SMILES string of the molecule is CNC(c1ccccc1)C(C)Cc1ccccc1OC. The summed E-state index contributed by atoms with van der Waals surface area (Å²) in [5.41, 5.74) is 2.59. The maximum absolute atomic E-state index is 5.44. The Labute approximate surface area is 121 Å². The quantitative estimate of drug-likeness (QED) is 0.860. The summed E-state index contributed by atoms with van der Waals surface area (Å²) >= 11 is 0. The van der Waals surface area contributed by atoms with Crippen LogP contribution in [0.5, 0.6) is 5.75 Å². The minimum absolute atomic E-state index is 0.348.